The fourth-order valence-electron chi connectivity index (χ4n) is 4.55. The van der Waals surface area contributed by atoms with E-state index in [4.69, 9.17) is 10.00 Å². The molecule has 0 unspecified atom stereocenters. The van der Waals surface area contributed by atoms with Gasteiger partial charge in [-0.05, 0) is 55.2 Å². The highest BCUT2D eigenvalue weighted by Crippen LogP contribution is 2.47. The van der Waals surface area contributed by atoms with E-state index >= 15 is 0 Å². The molecule has 1 saturated heterocycles. The fraction of sp³-hybridized carbons (Fsp3) is 0.280. The third-order valence-corrected chi connectivity index (χ3v) is 6.59. The summed E-state index contributed by atoms with van der Waals surface area (Å²) in [6, 6.07) is 10.0. The van der Waals surface area contributed by atoms with E-state index in [1.807, 2.05) is 0 Å². The van der Waals surface area contributed by atoms with Crippen molar-refractivity contribution in [3.05, 3.63) is 77.6 Å². The number of amides is 1. The van der Waals surface area contributed by atoms with Crippen LogP contribution in [-0.2, 0) is 17.6 Å². The number of halogens is 4. The number of nitriles is 1. The Morgan fingerprint density at radius 2 is 1.86 bits per heavy atom. The summed E-state index contributed by atoms with van der Waals surface area (Å²) < 4.78 is 60.9. The highest BCUT2D eigenvalue weighted by atomic mass is 19.4. The lowest BCUT2D eigenvalue weighted by Crippen LogP contribution is -2.54. The van der Waals surface area contributed by atoms with E-state index in [2.05, 4.69) is 9.97 Å². The number of benzene rings is 1. The predicted molar refractivity (Wildman–Crippen MR) is 120 cm³/mol. The number of anilines is 2. The van der Waals surface area contributed by atoms with Gasteiger partial charge in [-0.1, -0.05) is 0 Å². The van der Waals surface area contributed by atoms with Crippen molar-refractivity contribution in [2.45, 2.75) is 37.6 Å². The summed E-state index contributed by atoms with van der Waals surface area (Å²) in [5, 5.41) is 9.01. The molecule has 7 nitrogen and oxygen atoms in total. The van der Waals surface area contributed by atoms with Gasteiger partial charge < -0.3 is 9.64 Å². The number of ether oxygens (including phenoxy) is 1. The first-order valence-electron chi connectivity index (χ1n) is 11.1. The zero-order chi connectivity index (χ0) is 25.5. The summed E-state index contributed by atoms with van der Waals surface area (Å²) in [6.07, 6.45) is 1.21. The van der Waals surface area contributed by atoms with Crippen molar-refractivity contribution >= 4 is 17.3 Å². The lowest BCUT2D eigenvalue weighted by molar-refractivity contribution is -0.138. The average molecular weight is 497 g/mol. The highest BCUT2D eigenvalue weighted by molar-refractivity contribution is 6.06. The normalized spacial score (nSPS) is 16.7. The van der Waals surface area contributed by atoms with Gasteiger partial charge in [0.05, 0.1) is 24.1 Å². The van der Waals surface area contributed by atoms with Crippen molar-refractivity contribution in [1.29, 1.82) is 5.26 Å². The SMILES string of the molecule is N#Cc1ncc(N2CN(c3ccc(OCc4ccncc4)c(F)c3)C3(CCC3)C2=O)cc1C(F)(F)F. The van der Waals surface area contributed by atoms with Crippen LogP contribution in [0.5, 0.6) is 5.75 Å². The molecule has 1 saturated carbocycles. The molecule has 1 aromatic carbocycles. The van der Waals surface area contributed by atoms with Crippen molar-refractivity contribution in [2.24, 2.45) is 0 Å². The number of pyridine rings is 2. The topological polar surface area (TPSA) is 82.3 Å². The van der Waals surface area contributed by atoms with Crippen molar-refractivity contribution in [1.82, 2.24) is 9.97 Å². The number of aromatic nitrogens is 2. The third-order valence-electron chi connectivity index (χ3n) is 6.59. The maximum Gasteiger partial charge on any atom is 0.419 e. The first-order valence-corrected chi connectivity index (χ1v) is 11.1. The quantitative estimate of drug-likeness (QED) is 0.470. The summed E-state index contributed by atoms with van der Waals surface area (Å²) in [4.78, 5) is 23.9. The van der Waals surface area contributed by atoms with Crippen LogP contribution in [0.1, 0.15) is 36.1 Å². The molecular weight excluding hydrogens is 478 g/mol. The van der Waals surface area contributed by atoms with Crippen LogP contribution in [0, 0.1) is 17.1 Å². The van der Waals surface area contributed by atoms with E-state index in [-0.39, 0.29) is 30.6 Å². The van der Waals surface area contributed by atoms with Crippen LogP contribution in [0.4, 0.5) is 28.9 Å². The molecule has 0 bridgehead atoms. The number of rotatable bonds is 5. The zero-order valence-corrected chi connectivity index (χ0v) is 18.8. The molecule has 1 spiro atoms. The van der Waals surface area contributed by atoms with Gasteiger partial charge in [-0.15, -0.1) is 0 Å². The van der Waals surface area contributed by atoms with E-state index < -0.39 is 28.8 Å². The fourth-order valence-corrected chi connectivity index (χ4v) is 4.55. The van der Waals surface area contributed by atoms with Crippen LogP contribution >= 0.6 is 0 Å². The first-order chi connectivity index (χ1) is 17.2. The molecule has 1 amide bonds. The van der Waals surface area contributed by atoms with Crippen molar-refractivity contribution in [3.63, 3.8) is 0 Å². The van der Waals surface area contributed by atoms with Crippen LogP contribution in [0.3, 0.4) is 0 Å². The Kier molecular flexibility index (Phi) is 5.74. The summed E-state index contributed by atoms with van der Waals surface area (Å²) in [6.45, 7) is 0.0618. The predicted octanol–water partition coefficient (Wildman–Crippen LogP) is 4.82. The summed E-state index contributed by atoms with van der Waals surface area (Å²) in [7, 11) is 0. The minimum atomic E-state index is -4.81. The number of nitrogens with zero attached hydrogens (tertiary/aromatic N) is 5. The number of hydrogen-bond acceptors (Lipinski definition) is 6. The second-order valence-corrected chi connectivity index (χ2v) is 8.65. The smallest absolute Gasteiger partial charge is 0.419 e. The molecule has 1 aliphatic carbocycles. The van der Waals surface area contributed by atoms with E-state index in [9.17, 15) is 22.4 Å². The molecule has 11 heteroatoms. The number of hydrogen-bond donors (Lipinski definition) is 0. The Morgan fingerprint density at radius 1 is 1.11 bits per heavy atom. The molecule has 0 N–H and O–H groups in total. The monoisotopic (exact) mass is 497 g/mol. The Labute approximate surface area is 203 Å². The molecule has 184 valence electrons. The van der Waals surface area contributed by atoms with Crippen molar-refractivity contribution in [3.8, 4) is 11.8 Å². The molecule has 1 aliphatic heterocycles. The Hall–Kier alpha value is -4.20. The molecule has 5 rings (SSSR count). The zero-order valence-electron chi connectivity index (χ0n) is 18.8. The van der Waals surface area contributed by atoms with Gasteiger partial charge in [-0.25, -0.2) is 9.37 Å². The molecule has 2 aliphatic rings. The van der Waals surface area contributed by atoms with Gasteiger partial charge in [0.25, 0.3) is 5.91 Å². The minimum absolute atomic E-state index is 0.0340. The molecule has 3 heterocycles. The Bertz CT molecular complexity index is 1350. The maximum absolute atomic E-state index is 14.9. The lowest BCUT2D eigenvalue weighted by Gasteiger charge is -2.43. The second kappa shape index (κ2) is 8.78. The van der Waals surface area contributed by atoms with E-state index in [1.165, 1.54) is 23.1 Å². The first kappa shape index (κ1) is 23.5. The van der Waals surface area contributed by atoms with Crippen LogP contribution in [0.25, 0.3) is 0 Å². The van der Waals surface area contributed by atoms with Crippen LogP contribution in [0.15, 0.2) is 55.0 Å². The molecule has 3 aromatic rings. The number of alkyl halides is 3. The van der Waals surface area contributed by atoms with E-state index in [0.29, 0.717) is 18.5 Å². The van der Waals surface area contributed by atoms with Crippen LogP contribution in [0.2, 0.25) is 0 Å². The standard InChI is InChI=1S/C25H19F4N5O2/c26-20-11-17(2-3-22(20)36-14-16-4-8-31-9-5-16)34-15-33(23(35)24(34)6-1-7-24)18-10-19(25(27,28)29)21(12-30)32-13-18/h2-5,8-11,13H,1,6-7,14-15H2. The summed E-state index contributed by atoms with van der Waals surface area (Å²) in [5.74, 6) is -0.972. The van der Waals surface area contributed by atoms with Crippen molar-refractivity contribution in [2.75, 3.05) is 16.5 Å². The molecule has 0 atom stereocenters. The van der Waals surface area contributed by atoms with Crippen LogP contribution < -0.4 is 14.5 Å². The second-order valence-electron chi connectivity index (χ2n) is 8.65. The van der Waals surface area contributed by atoms with Gasteiger partial charge in [0.15, 0.2) is 17.3 Å². The van der Waals surface area contributed by atoms with Crippen molar-refractivity contribution < 1.29 is 27.1 Å². The lowest BCUT2D eigenvalue weighted by atomic mass is 9.75. The van der Waals surface area contributed by atoms with Crippen LogP contribution in [-0.4, -0.2) is 28.1 Å². The summed E-state index contributed by atoms with van der Waals surface area (Å²) in [5.41, 5.74) is -1.79. The van der Waals surface area contributed by atoms with Gasteiger partial charge in [0.1, 0.15) is 18.2 Å². The molecule has 0 radical (unpaired) electrons. The van der Waals surface area contributed by atoms with Gasteiger partial charge in [0.2, 0.25) is 0 Å². The number of carbonyl (C=O) groups is 1. The van der Waals surface area contributed by atoms with Gasteiger partial charge in [-0.3, -0.25) is 14.7 Å². The van der Waals surface area contributed by atoms with E-state index in [1.54, 1.807) is 35.5 Å². The summed E-state index contributed by atoms with van der Waals surface area (Å²) >= 11 is 0. The third kappa shape index (κ3) is 3.98. The number of carbonyl (C=O) groups excluding carboxylic acids is 1. The average Bonchev–Trinajstić information content (AvgIpc) is 3.16. The molecule has 2 fully saturated rings. The Balaban J connectivity index is 1.43. The Morgan fingerprint density at radius 3 is 2.47 bits per heavy atom. The molecular formula is C25H19F4N5O2. The molecule has 36 heavy (non-hydrogen) atoms. The minimum Gasteiger partial charge on any atom is -0.486 e. The molecule has 2 aromatic heterocycles. The maximum atomic E-state index is 14.9. The van der Waals surface area contributed by atoms with E-state index in [0.717, 1.165) is 24.2 Å². The largest absolute Gasteiger partial charge is 0.486 e. The van der Waals surface area contributed by atoms with Gasteiger partial charge in [0, 0.05) is 24.1 Å². The van der Waals surface area contributed by atoms with Gasteiger partial charge in [-0.2, -0.15) is 18.4 Å². The van der Waals surface area contributed by atoms with Gasteiger partial charge >= 0.3 is 6.18 Å². The highest BCUT2D eigenvalue weighted by Gasteiger charge is 2.57.